The smallest absolute Gasteiger partial charge is 0.127 e. The van der Waals surface area contributed by atoms with Gasteiger partial charge in [-0.1, -0.05) is 11.6 Å². The van der Waals surface area contributed by atoms with E-state index in [4.69, 9.17) is 11.6 Å². The largest absolute Gasteiger partial charge is 0.310 e. The first-order valence-electron chi connectivity index (χ1n) is 7.28. The minimum Gasteiger partial charge on any atom is -0.310 e. The zero-order valence-corrected chi connectivity index (χ0v) is 13.3. The van der Waals surface area contributed by atoms with Gasteiger partial charge in [-0.15, -0.1) is 0 Å². The summed E-state index contributed by atoms with van der Waals surface area (Å²) in [6.07, 6.45) is 2.22. The third-order valence-electron chi connectivity index (χ3n) is 4.03. The molecule has 1 N–H and O–H groups in total. The van der Waals surface area contributed by atoms with Gasteiger partial charge in [-0.05, 0) is 51.8 Å². The minimum absolute atomic E-state index is 0.186. The first-order chi connectivity index (χ1) is 9.36. The Labute approximate surface area is 126 Å². The van der Waals surface area contributed by atoms with Gasteiger partial charge in [0.15, 0.2) is 0 Å². The summed E-state index contributed by atoms with van der Waals surface area (Å²) in [5.74, 6) is -0.186. The van der Waals surface area contributed by atoms with Gasteiger partial charge < -0.3 is 5.32 Å². The van der Waals surface area contributed by atoms with Gasteiger partial charge in [-0.3, -0.25) is 4.90 Å². The molecule has 0 unspecified atom stereocenters. The van der Waals surface area contributed by atoms with Crippen LogP contribution in [-0.2, 0) is 6.54 Å². The van der Waals surface area contributed by atoms with Gasteiger partial charge in [0.1, 0.15) is 5.82 Å². The van der Waals surface area contributed by atoms with Crippen molar-refractivity contribution in [3.63, 3.8) is 0 Å². The molecule has 0 saturated carbocycles. The Morgan fingerprint density at radius 2 is 1.95 bits per heavy atom. The molecule has 1 aliphatic rings. The summed E-state index contributed by atoms with van der Waals surface area (Å²) in [6.45, 7) is 9.50. The van der Waals surface area contributed by atoms with E-state index in [-0.39, 0.29) is 11.4 Å². The van der Waals surface area contributed by atoms with Gasteiger partial charge in [0.25, 0.3) is 0 Å². The molecule has 112 valence electrons. The molecule has 20 heavy (non-hydrogen) atoms. The molecule has 0 atom stereocenters. The van der Waals surface area contributed by atoms with Crippen LogP contribution in [0.1, 0.15) is 39.2 Å². The Hall–Kier alpha value is -0.640. The molecule has 2 nitrogen and oxygen atoms in total. The monoisotopic (exact) mass is 298 g/mol. The molecule has 1 fully saturated rings. The zero-order chi connectivity index (χ0) is 14.8. The summed E-state index contributed by atoms with van der Waals surface area (Å²) in [5.41, 5.74) is 0.889. The Kier molecular flexibility index (Phi) is 5.05. The van der Waals surface area contributed by atoms with Crippen molar-refractivity contribution >= 4 is 11.6 Å². The van der Waals surface area contributed by atoms with Gasteiger partial charge in [0.2, 0.25) is 0 Å². The summed E-state index contributed by atoms with van der Waals surface area (Å²) in [4.78, 5) is 2.51. The molecule has 1 aromatic rings. The molecule has 1 aliphatic heterocycles. The lowest BCUT2D eigenvalue weighted by Crippen LogP contribution is -2.49. The number of likely N-dealkylation sites (tertiary alicyclic amines) is 1. The Morgan fingerprint density at radius 1 is 1.30 bits per heavy atom. The maximum atomic E-state index is 13.6. The molecule has 0 aliphatic carbocycles. The van der Waals surface area contributed by atoms with Crippen molar-refractivity contribution in [1.29, 1.82) is 0 Å². The summed E-state index contributed by atoms with van der Waals surface area (Å²) in [5, 5.41) is 4.04. The van der Waals surface area contributed by atoms with E-state index in [9.17, 15) is 4.39 Å². The first kappa shape index (κ1) is 15.7. The second-order valence-electron chi connectivity index (χ2n) is 6.55. The first-order valence-corrected chi connectivity index (χ1v) is 7.66. The molecule has 0 spiro atoms. The SMILES string of the molecule is CC(C)(C)N1CCC(NCc2cc(Cl)ccc2F)CC1. The number of piperidine rings is 1. The number of nitrogens with one attached hydrogen (secondary N) is 1. The van der Waals surface area contributed by atoms with Crippen LogP contribution in [0.2, 0.25) is 5.02 Å². The standard InChI is InChI=1S/C16H24ClFN2/c1-16(2,3)20-8-6-14(7-9-20)19-11-12-10-13(17)4-5-15(12)18/h4-5,10,14,19H,6-9,11H2,1-3H3. The quantitative estimate of drug-likeness (QED) is 0.912. The van der Waals surface area contributed by atoms with Crippen molar-refractivity contribution in [3.8, 4) is 0 Å². The molecule has 2 rings (SSSR count). The summed E-state index contributed by atoms with van der Waals surface area (Å²) < 4.78 is 13.6. The van der Waals surface area contributed by atoms with Crippen LogP contribution in [0.3, 0.4) is 0 Å². The van der Waals surface area contributed by atoms with Crippen LogP contribution in [0.4, 0.5) is 4.39 Å². The maximum absolute atomic E-state index is 13.6. The van der Waals surface area contributed by atoms with Gasteiger partial charge >= 0.3 is 0 Å². The van der Waals surface area contributed by atoms with Crippen LogP contribution in [0.25, 0.3) is 0 Å². The summed E-state index contributed by atoms with van der Waals surface area (Å²) >= 11 is 5.91. The van der Waals surface area contributed by atoms with Crippen LogP contribution >= 0.6 is 11.6 Å². The zero-order valence-electron chi connectivity index (χ0n) is 12.5. The average Bonchev–Trinajstić information content (AvgIpc) is 2.39. The van der Waals surface area contributed by atoms with E-state index < -0.39 is 0 Å². The number of benzene rings is 1. The van der Waals surface area contributed by atoms with E-state index in [1.54, 1.807) is 12.1 Å². The highest BCUT2D eigenvalue weighted by molar-refractivity contribution is 6.30. The Bertz CT molecular complexity index is 448. The van der Waals surface area contributed by atoms with Crippen LogP contribution in [0, 0.1) is 5.82 Å². The predicted molar refractivity (Wildman–Crippen MR) is 82.6 cm³/mol. The molecule has 0 bridgehead atoms. The van der Waals surface area contributed by atoms with E-state index in [0.717, 1.165) is 25.9 Å². The van der Waals surface area contributed by atoms with Crippen molar-refractivity contribution < 1.29 is 4.39 Å². The van der Waals surface area contributed by atoms with E-state index in [2.05, 4.69) is 31.0 Å². The maximum Gasteiger partial charge on any atom is 0.127 e. The van der Waals surface area contributed by atoms with Crippen LogP contribution in [0.15, 0.2) is 18.2 Å². The van der Waals surface area contributed by atoms with E-state index >= 15 is 0 Å². The predicted octanol–water partition coefficient (Wildman–Crippen LogP) is 3.83. The molecule has 0 radical (unpaired) electrons. The Morgan fingerprint density at radius 3 is 2.55 bits per heavy atom. The molecule has 0 amide bonds. The number of rotatable bonds is 3. The van der Waals surface area contributed by atoms with Crippen molar-refractivity contribution in [2.45, 2.75) is 51.7 Å². The lowest BCUT2D eigenvalue weighted by molar-refractivity contribution is 0.0959. The van der Waals surface area contributed by atoms with Crippen LogP contribution in [-0.4, -0.2) is 29.6 Å². The minimum atomic E-state index is -0.186. The van der Waals surface area contributed by atoms with Gasteiger partial charge in [-0.25, -0.2) is 4.39 Å². The van der Waals surface area contributed by atoms with Gasteiger partial charge in [-0.2, -0.15) is 0 Å². The summed E-state index contributed by atoms with van der Waals surface area (Å²) in [6, 6.07) is 5.18. The highest BCUT2D eigenvalue weighted by Gasteiger charge is 2.26. The summed E-state index contributed by atoms with van der Waals surface area (Å²) in [7, 11) is 0. The number of hydrogen-bond acceptors (Lipinski definition) is 2. The molecule has 4 heteroatoms. The van der Waals surface area contributed by atoms with Crippen molar-refractivity contribution in [2.75, 3.05) is 13.1 Å². The van der Waals surface area contributed by atoms with Crippen molar-refractivity contribution in [3.05, 3.63) is 34.6 Å². The average molecular weight is 299 g/mol. The fourth-order valence-corrected chi connectivity index (χ4v) is 2.88. The lowest BCUT2D eigenvalue weighted by Gasteiger charge is -2.41. The van der Waals surface area contributed by atoms with E-state index in [0.29, 0.717) is 23.2 Å². The topological polar surface area (TPSA) is 15.3 Å². The molecule has 1 aromatic carbocycles. The second kappa shape index (κ2) is 6.42. The van der Waals surface area contributed by atoms with Crippen molar-refractivity contribution in [2.24, 2.45) is 0 Å². The second-order valence-corrected chi connectivity index (χ2v) is 6.99. The fraction of sp³-hybridized carbons (Fsp3) is 0.625. The normalized spacial score (nSPS) is 18.4. The molecule has 0 aromatic heterocycles. The van der Waals surface area contributed by atoms with Crippen LogP contribution < -0.4 is 5.32 Å². The third-order valence-corrected chi connectivity index (χ3v) is 4.27. The molecular formula is C16H24ClFN2. The fourth-order valence-electron chi connectivity index (χ4n) is 2.69. The number of nitrogens with zero attached hydrogens (tertiary/aromatic N) is 1. The molecule has 1 saturated heterocycles. The molecular weight excluding hydrogens is 275 g/mol. The highest BCUT2D eigenvalue weighted by atomic mass is 35.5. The third kappa shape index (κ3) is 4.18. The van der Waals surface area contributed by atoms with Crippen LogP contribution in [0.5, 0.6) is 0 Å². The van der Waals surface area contributed by atoms with E-state index in [1.165, 1.54) is 6.07 Å². The lowest BCUT2D eigenvalue weighted by atomic mass is 9.98. The molecule has 1 heterocycles. The van der Waals surface area contributed by atoms with E-state index in [1.807, 2.05) is 0 Å². The highest BCUT2D eigenvalue weighted by Crippen LogP contribution is 2.21. The van der Waals surface area contributed by atoms with Gasteiger partial charge in [0, 0.05) is 41.8 Å². The number of hydrogen-bond donors (Lipinski definition) is 1. The Balaban J connectivity index is 1.83. The van der Waals surface area contributed by atoms with Crippen molar-refractivity contribution in [1.82, 2.24) is 10.2 Å². The van der Waals surface area contributed by atoms with Gasteiger partial charge in [0.05, 0.1) is 0 Å². The number of halogens is 2.